The van der Waals surface area contributed by atoms with E-state index in [0.717, 1.165) is 24.2 Å². The van der Waals surface area contributed by atoms with E-state index in [2.05, 4.69) is 30.8 Å². The van der Waals surface area contributed by atoms with Gasteiger partial charge in [-0.15, -0.1) is 13.2 Å². The van der Waals surface area contributed by atoms with Crippen LogP contribution in [-0.4, -0.2) is 51.4 Å². The van der Waals surface area contributed by atoms with Crippen molar-refractivity contribution in [2.24, 2.45) is 11.3 Å². The van der Waals surface area contributed by atoms with Gasteiger partial charge in [0.1, 0.15) is 12.3 Å². The van der Waals surface area contributed by atoms with E-state index < -0.39 is 24.8 Å². The van der Waals surface area contributed by atoms with Crippen molar-refractivity contribution in [1.82, 2.24) is 14.5 Å². The number of hydrogen-bond donors (Lipinski definition) is 2. The number of anilines is 2. The molecule has 39 heavy (non-hydrogen) atoms. The van der Waals surface area contributed by atoms with Gasteiger partial charge in [0.05, 0.1) is 21.6 Å². The molecular formula is C27H30ClF3N4O4. The van der Waals surface area contributed by atoms with E-state index in [1.807, 2.05) is 4.57 Å². The molecule has 2 aromatic carbocycles. The lowest BCUT2D eigenvalue weighted by Crippen LogP contribution is -2.32. The number of halogens is 4. The lowest BCUT2D eigenvalue weighted by molar-refractivity contribution is -0.274. The minimum atomic E-state index is -4.79. The van der Waals surface area contributed by atoms with Crippen LogP contribution in [0.3, 0.4) is 0 Å². The first-order valence-corrected chi connectivity index (χ1v) is 12.8. The number of likely N-dealkylation sites (N-methyl/N-ethyl adjacent to an activating group) is 1. The molecule has 3 aromatic rings. The number of carboxylic acids is 1. The van der Waals surface area contributed by atoms with Gasteiger partial charge >= 0.3 is 12.3 Å². The maximum absolute atomic E-state index is 12.9. The average Bonchev–Trinajstić information content (AvgIpc) is 3.13. The molecule has 0 spiro atoms. The van der Waals surface area contributed by atoms with Gasteiger partial charge in [0, 0.05) is 18.8 Å². The molecule has 4 rings (SSSR count). The van der Waals surface area contributed by atoms with E-state index in [1.165, 1.54) is 37.4 Å². The van der Waals surface area contributed by atoms with Crippen molar-refractivity contribution >= 4 is 46.1 Å². The summed E-state index contributed by atoms with van der Waals surface area (Å²) in [7, 11) is 1.38. The zero-order chi connectivity index (χ0) is 28.7. The van der Waals surface area contributed by atoms with Crippen LogP contribution in [-0.2, 0) is 4.79 Å². The molecule has 0 saturated heterocycles. The molecule has 1 fully saturated rings. The molecule has 0 aliphatic heterocycles. The zero-order valence-electron chi connectivity index (χ0n) is 22.0. The monoisotopic (exact) mass is 566 g/mol. The quantitative estimate of drug-likeness (QED) is 0.324. The van der Waals surface area contributed by atoms with Crippen molar-refractivity contribution < 1.29 is 32.6 Å². The Labute approximate surface area is 228 Å². The van der Waals surface area contributed by atoms with Crippen molar-refractivity contribution in [3.63, 3.8) is 0 Å². The standard InChI is InChI=1S/C27H30ClF3N4O4/c1-15-9-17(13-26(2,3)12-15)35-22-11-20(28)19(24(38)34(4)14-23(36)37)10-21(22)33-25(35)32-16-5-7-18(8-6-16)39-27(29,30)31/h5-8,10-11,15,17H,9,12-14H2,1-4H3,(H,32,33)(H,36,37)/t15-,17-/m0/s1. The molecular weight excluding hydrogens is 537 g/mol. The van der Waals surface area contributed by atoms with Crippen molar-refractivity contribution in [2.45, 2.75) is 52.4 Å². The number of hydrogen-bond acceptors (Lipinski definition) is 5. The van der Waals surface area contributed by atoms with Crippen molar-refractivity contribution in [1.29, 1.82) is 0 Å². The summed E-state index contributed by atoms with van der Waals surface area (Å²) in [6, 6.07) is 8.57. The summed E-state index contributed by atoms with van der Waals surface area (Å²) in [5.74, 6) is -1.17. The van der Waals surface area contributed by atoms with E-state index in [1.54, 1.807) is 6.07 Å². The second kappa shape index (κ2) is 10.6. The highest BCUT2D eigenvalue weighted by Gasteiger charge is 2.35. The lowest BCUT2D eigenvalue weighted by atomic mass is 9.70. The number of nitrogens with zero attached hydrogens (tertiary/aromatic N) is 3. The van der Waals surface area contributed by atoms with Crippen LogP contribution in [0.2, 0.25) is 5.02 Å². The first-order chi connectivity index (χ1) is 18.1. The number of benzene rings is 2. The normalized spacial score (nSPS) is 19.1. The number of amides is 1. The van der Waals surface area contributed by atoms with Gasteiger partial charge in [0.25, 0.3) is 5.91 Å². The Morgan fingerprint density at radius 1 is 1.23 bits per heavy atom. The smallest absolute Gasteiger partial charge is 0.480 e. The van der Waals surface area contributed by atoms with Gasteiger partial charge in [-0.3, -0.25) is 9.59 Å². The molecule has 2 N–H and O–H groups in total. The fraction of sp³-hybridized carbons (Fsp3) is 0.444. The molecule has 1 aromatic heterocycles. The number of carbonyl (C=O) groups excluding carboxylic acids is 1. The van der Waals surface area contributed by atoms with Crippen LogP contribution >= 0.6 is 11.6 Å². The number of aromatic nitrogens is 2. The molecule has 1 saturated carbocycles. The first kappa shape index (κ1) is 28.5. The van der Waals surface area contributed by atoms with Crippen molar-refractivity contribution in [3.8, 4) is 5.75 Å². The molecule has 1 aliphatic carbocycles. The number of carbonyl (C=O) groups is 2. The predicted octanol–water partition coefficient (Wildman–Crippen LogP) is 6.88. The van der Waals surface area contributed by atoms with Gasteiger partial charge in [0.15, 0.2) is 0 Å². The summed E-state index contributed by atoms with van der Waals surface area (Å²) >= 11 is 6.55. The Hall–Kier alpha value is -3.47. The van der Waals surface area contributed by atoms with Gasteiger partial charge in [-0.1, -0.05) is 32.4 Å². The molecule has 12 heteroatoms. The van der Waals surface area contributed by atoms with Crippen LogP contribution < -0.4 is 10.1 Å². The number of nitrogens with one attached hydrogen (secondary N) is 1. The Bertz CT molecular complexity index is 1390. The van der Waals surface area contributed by atoms with Gasteiger partial charge in [-0.25, -0.2) is 4.98 Å². The topological polar surface area (TPSA) is 96.7 Å². The Morgan fingerprint density at radius 3 is 2.49 bits per heavy atom. The second-order valence-corrected chi connectivity index (χ2v) is 11.4. The van der Waals surface area contributed by atoms with Crippen LogP contribution in [0.5, 0.6) is 5.75 Å². The number of imidazole rings is 1. The molecule has 1 aliphatic rings. The summed E-state index contributed by atoms with van der Waals surface area (Å²) in [6.07, 6.45) is -1.99. The molecule has 0 bridgehead atoms. The third-order valence-corrected chi connectivity index (χ3v) is 7.11. The summed E-state index contributed by atoms with van der Waals surface area (Å²) in [4.78, 5) is 29.8. The highest BCUT2D eigenvalue weighted by atomic mass is 35.5. The number of rotatable bonds is 7. The maximum Gasteiger partial charge on any atom is 0.573 e. The first-order valence-electron chi connectivity index (χ1n) is 12.4. The van der Waals surface area contributed by atoms with Crippen molar-refractivity contribution in [2.75, 3.05) is 18.9 Å². The highest BCUT2D eigenvalue weighted by Crippen LogP contribution is 2.46. The molecule has 8 nitrogen and oxygen atoms in total. The molecule has 210 valence electrons. The Balaban J connectivity index is 1.77. The SMILES string of the molecule is C[C@H]1C[C@H](n2c(Nc3ccc(OC(F)(F)F)cc3)nc3cc(C(=O)N(C)CC(=O)O)c(Cl)cc32)CC(C)(C)C1. The number of aliphatic carboxylic acids is 1. The molecule has 1 amide bonds. The van der Waals surface area contributed by atoms with Crippen LogP contribution in [0.15, 0.2) is 36.4 Å². The third-order valence-electron chi connectivity index (χ3n) is 6.80. The minimum Gasteiger partial charge on any atom is -0.480 e. The van der Waals surface area contributed by atoms with Crippen LogP contribution in [0.25, 0.3) is 11.0 Å². The van der Waals surface area contributed by atoms with Gasteiger partial charge in [-0.2, -0.15) is 0 Å². The third kappa shape index (κ3) is 6.76. The molecule has 2 atom stereocenters. The summed E-state index contributed by atoms with van der Waals surface area (Å²) < 4.78 is 43.7. The molecule has 1 heterocycles. The lowest BCUT2D eigenvalue weighted by Gasteiger charge is -2.40. The second-order valence-electron chi connectivity index (χ2n) is 10.9. The summed E-state index contributed by atoms with van der Waals surface area (Å²) in [5.41, 5.74) is 1.84. The molecule has 0 unspecified atom stereocenters. The summed E-state index contributed by atoms with van der Waals surface area (Å²) in [5, 5.41) is 12.4. The number of carboxylic acid groups (broad SMARTS) is 1. The van der Waals surface area contributed by atoms with Gasteiger partial charge < -0.3 is 24.6 Å². The average molecular weight is 567 g/mol. The Kier molecular flexibility index (Phi) is 7.75. The van der Waals surface area contributed by atoms with E-state index >= 15 is 0 Å². The minimum absolute atomic E-state index is 0.0383. The van der Waals surface area contributed by atoms with Crippen molar-refractivity contribution in [3.05, 3.63) is 47.0 Å². The number of fused-ring (bicyclic) bond motifs is 1. The zero-order valence-corrected chi connectivity index (χ0v) is 22.7. The fourth-order valence-electron chi connectivity index (χ4n) is 5.58. The van der Waals surface area contributed by atoms with Crippen LogP contribution in [0, 0.1) is 11.3 Å². The molecule has 0 radical (unpaired) electrons. The van der Waals surface area contributed by atoms with E-state index in [-0.39, 0.29) is 27.8 Å². The number of alkyl halides is 3. The summed E-state index contributed by atoms with van der Waals surface area (Å²) in [6.45, 7) is 6.13. The van der Waals surface area contributed by atoms with Gasteiger partial charge in [-0.05, 0) is 67.0 Å². The van der Waals surface area contributed by atoms with Crippen LogP contribution in [0.4, 0.5) is 24.8 Å². The Morgan fingerprint density at radius 2 is 1.90 bits per heavy atom. The fourth-order valence-corrected chi connectivity index (χ4v) is 5.82. The van der Waals surface area contributed by atoms with Gasteiger partial charge in [0.2, 0.25) is 5.95 Å². The largest absolute Gasteiger partial charge is 0.573 e. The van der Waals surface area contributed by atoms with Crippen LogP contribution in [0.1, 0.15) is 56.4 Å². The van der Waals surface area contributed by atoms with E-state index in [9.17, 15) is 22.8 Å². The highest BCUT2D eigenvalue weighted by molar-refractivity contribution is 6.34. The maximum atomic E-state index is 12.9. The number of ether oxygens (including phenoxy) is 1. The predicted molar refractivity (Wildman–Crippen MR) is 142 cm³/mol. The van der Waals surface area contributed by atoms with E-state index in [0.29, 0.717) is 28.6 Å². The van der Waals surface area contributed by atoms with E-state index in [4.69, 9.17) is 21.7 Å².